The third-order valence-electron chi connectivity index (χ3n) is 7.92. The molecule has 1 unspecified atom stereocenters. The fraction of sp³-hybridized carbons (Fsp3) is 0.667. The van der Waals surface area contributed by atoms with Crippen molar-refractivity contribution in [1.29, 1.82) is 0 Å². The lowest BCUT2D eigenvalue weighted by Gasteiger charge is -2.51. The van der Waals surface area contributed by atoms with Crippen molar-refractivity contribution in [2.75, 3.05) is 27.8 Å². The lowest BCUT2D eigenvalue weighted by Crippen LogP contribution is -2.65. The topological polar surface area (TPSA) is 135 Å². The average molecular weight is 535 g/mol. The van der Waals surface area contributed by atoms with Gasteiger partial charge in [0.05, 0.1) is 25.4 Å². The number of likely N-dealkylation sites (tertiary alicyclic amines) is 1. The van der Waals surface area contributed by atoms with Gasteiger partial charge in [0, 0.05) is 39.5 Å². The van der Waals surface area contributed by atoms with Gasteiger partial charge in [0.25, 0.3) is 0 Å². The van der Waals surface area contributed by atoms with E-state index >= 15 is 0 Å². The van der Waals surface area contributed by atoms with E-state index in [4.69, 9.17) is 18.9 Å². The molecular formula is C27H38N2O9. The third-order valence-corrected chi connectivity index (χ3v) is 7.92. The number of amides is 2. The number of hydrogen-bond acceptors (Lipinski definition) is 9. The van der Waals surface area contributed by atoms with Crippen LogP contribution in [0.15, 0.2) is 30.3 Å². The maximum atomic E-state index is 13.6. The molecular weight excluding hydrogens is 496 g/mol. The van der Waals surface area contributed by atoms with E-state index in [1.54, 1.807) is 14.1 Å². The Labute approximate surface area is 222 Å². The van der Waals surface area contributed by atoms with Gasteiger partial charge < -0.3 is 34.1 Å². The van der Waals surface area contributed by atoms with E-state index in [0.717, 1.165) is 18.4 Å². The smallest absolute Gasteiger partial charge is 0.411 e. The van der Waals surface area contributed by atoms with Crippen LogP contribution in [0.4, 0.5) is 4.79 Å². The Hall–Kier alpha value is -2.73. The number of esters is 1. The van der Waals surface area contributed by atoms with Crippen LogP contribution in [-0.4, -0.2) is 102 Å². The van der Waals surface area contributed by atoms with Crippen LogP contribution in [0, 0.1) is 5.92 Å². The molecule has 7 atom stereocenters. The maximum absolute atomic E-state index is 13.6. The first-order valence-corrected chi connectivity index (χ1v) is 13.1. The molecule has 0 spiro atoms. The molecule has 0 aromatic heterocycles. The summed E-state index contributed by atoms with van der Waals surface area (Å²) in [6.07, 6.45) is -1.95. The van der Waals surface area contributed by atoms with Gasteiger partial charge in [-0.05, 0) is 31.2 Å². The number of nitrogens with zero attached hydrogens (tertiary/aromatic N) is 2. The molecule has 38 heavy (non-hydrogen) atoms. The number of rotatable bonds is 7. The van der Waals surface area contributed by atoms with Gasteiger partial charge in [0.15, 0.2) is 6.29 Å². The standard InChI is InChI=1S/C27H38N2O9/c1-28(2)22(31)13-18-24(32)20(30)14-21-27(18,38-23-11-7-8-12-36-23)15-19(25(33)35-3)29(21)26(34)37-16-17-9-5-4-6-10-17/h4-6,9-10,18-21,23-24,30,32H,7-8,11-16H2,1-3H3/t18-,19+,20-,21-,23?,24+,27-/m1/s1. The first-order valence-electron chi connectivity index (χ1n) is 13.1. The van der Waals surface area contributed by atoms with Crippen molar-refractivity contribution in [1.82, 2.24) is 9.80 Å². The van der Waals surface area contributed by atoms with Crippen LogP contribution in [0.3, 0.4) is 0 Å². The lowest BCUT2D eigenvalue weighted by molar-refractivity contribution is -0.273. The number of fused-ring (bicyclic) bond motifs is 1. The van der Waals surface area contributed by atoms with Gasteiger partial charge in [-0.2, -0.15) is 0 Å². The molecule has 1 aromatic carbocycles. The maximum Gasteiger partial charge on any atom is 0.411 e. The fourth-order valence-electron chi connectivity index (χ4n) is 5.93. The molecule has 4 rings (SSSR count). The van der Waals surface area contributed by atoms with E-state index in [9.17, 15) is 24.6 Å². The van der Waals surface area contributed by atoms with Crippen molar-refractivity contribution >= 4 is 18.0 Å². The third kappa shape index (κ3) is 5.66. The molecule has 1 aromatic rings. The summed E-state index contributed by atoms with van der Waals surface area (Å²) >= 11 is 0. The van der Waals surface area contributed by atoms with Crippen LogP contribution in [0.1, 0.15) is 44.1 Å². The van der Waals surface area contributed by atoms with Crippen molar-refractivity contribution in [2.24, 2.45) is 5.92 Å². The molecule has 2 amide bonds. The minimum Gasteiger partial charge on any atom is -0.467 e. The van der Waals surface area contributed by atoms with Crippen molar-refractivity contribution in [3.8, 4) is 0 Å². The van der Waals surface area contributed by atoms with E-state index in [0.29, 0.717) is 13.0 Å². The highest BCUT2D eigenvalue weighted by atomic mass is 16.7. The minimum atomic E-state index is -1.36. The summed E-state index contributed by atoms with van der Waals surface area (Å²) in [5.41, 5.74) is -0.599. The van der Waals surface area contributed by atoms with Crippen LogP contribution in [0.25, 0.3) is 0 Å². The minimum absolute atomic E-state index is 0.0237. The van der Waals surface area contributed by atoms with Gasteiger partial charge in [-0.1, -0.05) is 30.3 Å². The summed E-state index contributed by atoms with van der Waals surface area (Å²) < 4.78 is 23.1. The normalized spacial score (nSPS) is 32.8. The Morgan fingerprint density at radius 2 is 1.89 bits per heavy atom. The number of carbonyl (C=O) groups excluding carboxylic acids is 3. The monoisotopic (exact) mass is 534 g/mol. The number of methoxy groups -OCH3 is 1. The number of carbonyl (C=O) groups is 3. The van der Waals surface area contributed by atoms with Gasteiger partial charge >= 0.3 is 12.1 Å². The number of ether oxygens (including phenoxy) is 4. The second-order valence-corrected chi connectivity index (χ2v) is 10.5. The van der Waals surface area contributed by atoms with E-state index in [2.05, 4.69) is 0 Å². The second kappa shape index (κ2) is 12.0. The number of benzene rings is 1. The summed E-state index contributed by atoms with van der Waals surface area (Å²) in [4.78, 5) is 42.1. The second-order valence-electron chi connectivity index (χ2n) is 10.5. The quantitative estimate of drug-likeness (QED) is 0.498. The summed E-state index contributed by atoms with van der Waals surface area (Å²) in [5.74, 6) is -1.88. The summed E-state index contributed by atoms with van der Waals surface area (Å²) in [5, 5.41) is 22.1. The molecule has 2 saturated heterocycles. The molecule has 11 heteroatoms. The van der Waals surface area contributed by atoms with Gasteiger partial charge in [-0.15, -0.1) is 0 Å². The Bertz CT molecular complexity index is 984. The van der Waals surface area contributed by atoms with Crippen molar-refractivity contribution < 1.29 is 43.5 Å². The SMILES string of the molecule is COC(=O)[C@@H]1C[C@@]2(OC3CCCCO3)[C@H](CC(=O)N(C)C)[C@H](O)[C@H](O)C[C@H]2N1C(=O)OCc1ccccc1. The van der Waals surface area contributed by atoms with Crippen LogP contribution in [0.5, 0.6) is 0 Å². The predicted octanol–water partition coefficient (Wildman–Crippen LogP) is 1.44. The molecule has 2 heterocycles. The van der Waals surface area contributed by atoms with Crippen LogP contribution in [0.2, 0.25) is 0 Å². The summed E-state index contributed by atoms with van der Waals surface area (Å²) in [6.45, 7) is 0.464. The lowest BCUT2D eigenvalue weighted by atomic mass is 9.67. The molecule has 11 nitrogen and oxygen atoms in total. The van der Waals surface area contributed by atoms with E-state index in [1.165, 1.54) is 16.9 Å². The van der Waals surface area contributed by atoms with Gasteiger partial charge in [-0.3, -0.25) is 9.69 Å². The van der Waals surface area contributed by atoms with Crippen molar-refractivity contribution in [2.45, 2.75) is 81.3 Å². The van der Waals surface area contributed by atoms with E-state index < -0.39 is 54.2 Å². The molecule has 0 radical (unpaired) electrons. The highest BCUT2D eigenvalue weighted by Crippen LogP contribution is 2.52. The Morgan fingerprint density at radius 1 is 1.16 bits per heavy atom. The van der Waals surface area contributed by atoms with Crippen molar-refractivity contribution in [3.05, 3.63) is 35.9 Å². The van der Waals surface area contributed by atoms with Crippen LogP contribution >= 0.6 is 0 Å². The Morgan fingerprint density at radius 3 is 2.53 bits per heavy atom. The first kappa shape index (κ1) is 28.3. The van der Waals surface area contributed by atoms with Crippen molar-refractivity contribution in [3.63, 3.8) is 0 Å². The van der Waals surface area contributed by atoms with Gasteiger partial charge in [0.2, 0.25) is 5.91 Å². The van der Waals surface area contributed by atoms with E-state index in [1.807, 2.05) is 30.3 Å². The zero-order valence-electron chi connectivity index (χ0n) is 22.2. The van der Waals surface area contributed by atoms with Gasteiger partial charge in [-0.25, -0.2) is 9.59 Å². The number of hydrogen-bond donors (Lipinski definition) is 2. The van der Waals surface area contributed by atoms with Gasteiger partial charge in [0.1, 0.15) is 18.2 Å². The first-order chi connectivity index (χ1) is 18.2. The van der Waals surface area contributed by atoms with E-state index in [-0.39, 0.29) is 31.8 Å². The zero-order valence-corrected chi connectivity index (χ0v) is 22.2. The molecule has 0 bridgehead atoms. The molecule has 2 N–H and O–H groups in total. The Kier molecular flexibility index (Phi) is 8.92. The Balaban J connectivity index is 1.73. The zero-order chi connectivity index (χ0) is 27.4. The summed E-state index contributed by atoms with van der Waals surface area (Å²) in [7, 11) is 4.43. The predicted molar refractivity (Wildman–Crippen MR) is 134 cm³/mol. The summed E-state index contributed by atoms with van der Waals surface area (Å²) in [6, 6.07) is 7.14. The van der Waals surface area contributed by atoms with Crippen LogP contribution in [-0.2, 0) is 35.1 Å². The molecule has 2 aliphatic heterocycles. The molecule has 210 valence electrons. The van der Waals surface area contributed by atoms with Crippen LogP contribution < -0.4 is 0 Å². The number of aliphatic hydroxyl groups excluding tert-OH is 2. The molecule has 3 aliphatic rings. The highest BCUT2D eigenvalue weighted by Gasteiger charge is 2.67. The average Bonchev–Trinajstić information content (AvgIpc) is 3.24. The molecule has 1 aliphatic carbocycles. The molecule has 1 saturated carbocycles. The fourth-order valence-corrected chi connectivity index (χ4v) is 5.93. The molecule has 3 fully saturated rings. The highest BCUT2D eigenvalue weighted by molar-refractivity contribution is 5.83. The number of aliphatic hydroxyl groups is 2. The largest absolute Gasteiger partial charge is 0.467 e.